The minimum Gasteiger partial charge on any atom is -0.352 e. The first-order valence-corrected chi connectivity index (χ1v) is 8.76. The Morgan fingerprint density at radius 3 is 2.43 bits per heavy atom. The van der Waals surface area contributed by atoms with Crippen molar-refractivity contribution in [2.75, 3.05) is 32.1 Å². The highest BCUT2D eigenvalue weighted by atomic mass is 32.2. The lowest BCUT2D eigenvalue weighted by Gasteiger charge is -2.29. The minimum absolute atomic E-state index is 0.218. The summed E-state index contributed by atoms with van der Waals surface area (Å²) in [5.74, 6) is 0.810. The van der Waals surface area contributed by atoms with Crippen molar-refractivity contribution in [2.24, 2.45) is 5.73 Å². The zero-order valence-electron chi connectivity index (χ0n) is 12.7. The van der Waals surface area contributed by atoms with Gasteiger partial charge in [0, 0.05) is 39.4 Å². The predicted octanol–water partition coefficient (Wildman–Crippen LogP) is 1.04. The molecule has 0 radical (unpaired) electrons. The molecule has 0 aliphatic heterocycles. The van der Waals surface area contributed by atoms with E-state index in [1.807, 2.05) is 0 Å². The van der Waals surface area contributed by atoms with Crippen LogP contribution >= 0.6 is 0 Å². The van der Waals surface area contributed by atoms with Crippen LogP contribution in [0.25, 0.3) is 0 Å². The molecule has 0 bridgehead atoms. The number of pyridine rings is 1. The third-order valence-corrected chi connectivity index (χ3v) is 5.73. The van der Waals surface area contributed by atoms with Crippen molar-refractivity contribution in [3.63, 3.8) is 0 Å². The van der Waals surface area contributed by atoms with Gasteiger partial charge >= 0.3 is 0 Å². The topological polar surface area (TPSA) is 79.5 Å². The van der Waals surface area contributed by atoms with E-state index in [2.05, 4.69) is 9.88 Å². The summed E-state index contributed by atoms with van der Waals surface area (Å²) in [5.41, 5.74) is 5.70. The maximum atomic E-state index is 12.0. The van der Waals surface area contributed by atoms with Gasteiger partial charge in [0.15, 0.2) is 0 Å². The van der Waals surface area contributed by atoms with Crippen LogP contribution in [0.3, 0.4) is 0 Å². The van der Waals surface area contributed by atoms with Crippen molar-refractivity contribution in [1.29, 1.82) is 0 Å². The van der Waals surface area contributed by atoms with Crippen LogP contribution in [0.1, 0.15) is 25.7 Å². The van der Waals surface area contributed by atoms with Crippen LogP contribution in [0.5, 0.6) is 0 Å². The number of nitrogens with two attached hydrogens (primary N) is 1. The molecule has 2 rings (SSSR count). The molecule has 6 nitrogen and oxygen atoms in total. The van der Waals surface area contributed by atoms with Crippen LogP contribution in [0.2, 0.25) is 0 Å². The fraction of sp³-hybridized carbons (Fsp3) is 0.643. The van der Waals surface area contributed by atoms with E-state index in [9.17, 15) is 8.42 Å². The Morgan fingerprint density at radius 2 is 1.95 bits per heavy atom. The molecule has 1 aliphatic rings. The number of rotatable bonds is 6. The fourth-order valence-corrected chi connectivity index (χ4v) is 3.59. The molecular weight excluding hydrogens is 288 g/mol. The molecule has 21 heavy (non-hydrogen) atoms. The number of aromatic nitrogens is 1. The first-order chi connectivity index (χ1) is 9.96. The van der Waals surface area contributed by atoms with Crippen molar-refractivity contribution in [3.05, 3.63) is 18.3 Å². The molecule has 0 unspecified atom stereocenters. The Balaban J connectivity index is 2.23. The third kappa shape index (κ3) is 3.53. The standard InChI is InChI=1S/C14H24N4O2S/c1-17(2)21(19,20)13-7-8-14(16-11-13)18(10-9-15)12-5-3-4-6-12/h7-8,11-12H,3-6,9-10,15H2,1-2H3. The zero-order chi connectivity index (χ0) is 15.5. The summed E-state index contributed by atoms with van der Waals surface area (Å²) >= 11 is 0. The van der Waals surface area contributed by atoms with Crippen LogP contribution in [-0.4, -0.2) is 50.9 Å². The monoisotopic (exact) mass is 312 g/mol. The van der Waals surface area contributed by atoms with Gasteiger partial charge in [-0.3, -0.25) is 0 Å². The van der Waals surface area contributed by atoms with Crippen molar-refractivity contribution in [2.45, 2.75) is 36.6 Å². The van der Waals surface area contributed by atoms with E-state index in [1.54, 1.807) is 12.1 Å². The Labute approximate surface area is 127 Å². The van der Waals surface area contributed by atoms with Gasteiger partial charge in [-0.05, 0) is 25.0 Å². The molecule has 0 aromatic carbocycles. The average molecular weight is 312 g/mol. The SMILES string of the molecule is CN(C)S(=O)(=O)c1ccc(N(CCN)C2CCCC2)nc1. The average Bonchev–Trinajstić information content (AvgIpc) is 2.98. The predicted molar refractivity (Wildman–Crippen MR) is 83.8 cm³/mol. The van der Waals surface area contributed by atoms with Crippen LogP contribution in [-0.2, 0) is 10.0 Å². The summed E-state index contributed by atoms with van der Waals surface area (Å²) in [7, 11) is -0.390. The summed E-state index contributed by atoms with van der Waals surface area (Å²) in [5, 5.41) is 0. The summed E-state index contributed by atoms with van der Waals surface area (Å²) in [6, 6.07) is 3.87. The van der Waals surface area contributed by atoms with E-state index in [1.165, 1.54) is 37.4 Å². The lowest BCUT2D eigenvalue weighted by molar-refractivity contribution is 0.520. The Kier molecular flexibility index (Phi) is 5.18. The van der Waals surface area contributed by atoms with E-state index in [4.69, 9.17) is 5.73 Å². The van der Waals surface area contributed by atoms with Crippen LogP contribution in [0.15, 0.2) is 23.2 Å². The molecule has 1 aromatic rings. The zero-order valence-corrected chi connectivity index (χ0v) is 13.5. The highest BCUT2D eigenvalue weighted by molar-refractivity contribution is 7.89. The third-order valence-electron chi connectivity index (χ3n) is 3.93. The Morgan fingerprint density at radius 1 is 1.29 bits per heavy atom. The van der Waals surface area contributed by atoms with E-state index >= 15 is 0 Å². The summed E-state index contributed by atoms with van der Waals surface area (Å²) in [6.07, 6.45) is 6.21. The Hall–Kier alpha value is -1.18. The minimum atomic E-state index is -3.42. The highest BCUT2D eigenvalue weighted by Gasteiger charge is 2.24. The number of nitrogens with zero attached hydrogens (tertiary/aromatic N) is 3. The Bertz CT molecular complexity index is 551. The van der Waals surface area contributed by atoms with E-state index in [-0.39, 0.29) is 4.90 Å². The van der Waals surface area contributed by atoms with Gasteiger partial charge in [0.25, 0.3) is 0 Å². The lowest BCUT2D eigenvalue weighted by atomic mass is 10.2. The first kappa shape index (κ1) is 16.2. The molecule has 1 heterocycles. The van der Waals surface area contributed by atoms with Crippen LogP contribution in [0.4, 0.5) is 5.82 Å². The second-order valence-electron chi connectivity index (χ2n) is 5.56. The van der Waals surface area contributed by atoms with Gasteiger partial charge in [-0.15, -0.1) is 0 Å². The maximum Gasteiger partial charge on any atom is 0.244 e. The molecule has 1 aliphatic carbocycles. The van der Waals surface area contributed by atoms with Gasteiger partial charge < -0.3 is 10.6 Å². The van der Waals surface area contributed by atoms with Crippen molar-refractivity contribution in [1.82, 2.24) is 9.29 Å². The second kappa shape index (κ2) is 6.72. The lowest BCUT2D eigenvalue weighted by Crippen LogP contribution is -2.38. The van der Waals surface area contributed by atoms with Gasteiger partial charge in [-0.25, -0.2) is 17.7 Å². The molecule has 2 N–H and O–H groups in total. The molecule has 1 saturated carbocycles. The maximum absolute atomic E-state index is 12.0. The summed E-state index contributed by atoms with van der Waals surface area (Å²) in [4.78, 5) is 6.78. The van der Waals surface area contributed by atoms with Gasteiger partial charge in [0.2, 0.25) is 10.0 Å². The van der Waals surface area contributed by atoms with Gasteiger partial charge in [-0.2, -0.15) is 0 Å². The van der Waals surface area contributed by atoms with Gasteiger partial charge in [0.1, 0.15) is 10.7 Å². The molecule has 118 valence electrons. The molecule has 7 heteroatoms. The fourth-order valence-electron chi connectivity index (χ4n) is 2.74. The van der Waals surface area contributed by atoms with Crippen molar-refractivity contribution in [3.8, 4) is 0 Å². The van der Waals surface area contributed by atoms with Crippen molar-refractivity contribution < 1.29 is 8.42 Å². The largest absolute Gasteiger partial charge is 0.352 e. The van der Waals surface area contributed by atoms with E-state index < -0.39 is 10.0 Å². The molecule has 0 saturated heterocycles. The number of sulfonamides is 1. The van der Waals surface area contributed by atoms with Crippen molar-refractivity contribution >= 4 is 15.8 Å². The van der Waals surface area contributed by atoms with Crippen LogP contribution in [0, 0.1) is 0 Å². The molecule has 1 fully saturated rings. The number of anilines is 1. The van der Waals surface area contributed by atoms with Gasteiger partial charge in [0.05, 0.1) is 0 Å². The summed E-state index contributed by atoms with van der Waals surface area (Å²) in [6.45, 7) is 1.31. The smallest absolute Gasteiger partial charge is 0.244 e. The number of hydrogen-bond acceptors (Lipinski definition) is 5. The molecular formula is C14H24N4O2S. The highest BCUT2D eigenvalue weighted by Crippen LogP contribution is 2.27. The molecule has 0 spiro atoms. The van der Waals surface area contributed by atoms with E-state index in [0.29, 0.717) is 12.6 Å². The normalized spacial score (nSPS) is 16.6. The summed E-state index contributed by atoms with van der Waals surface area (Å²) < 4.78 is 25.3. The molecule has 0 amide bonds. The second-order valence-corrected chi connectivity index (χ2v) is 7.71. The van der Waals surface area contributed by atoms with Gasteiger partial charge in [-0.1, -0.05) is 12.8 Å². The first-order valence-electron chi connectivity index (χ1n) is 7.32. The molecule has 0 atom stereocenters. The van der Waals surface area contributed by atoms with Crippen LogP contribution < -0.4 is 10.6 Å². The quantitative estimate of drug-likeness (QED) is 0.849. The number of hydrogen-bond donors (Lipinski definition) is 1. The molecule has 1 aromatic heterocycles. The van der Waals surface area contributed by atoms with E-state index in [0.717, 1.165) is 25.2 Å².